The van der Waals surface area contributed by atoms with E-state index in [1.807, 2.05) is 42.5 Å². The minimum Gasteiger partial charge on any atom is -0.369 e. The van der Waals surface area contributed by atoms with Crippen molar-refractivity contribution in [1.29, 1.82) is 0 Å². The number of piperazine rings is 1. The van der Waals surface area contributed by atoms with Crippen molar-refractivity contribution in [2.75, 3.05) is 31.1 Å². The van der Waals surface area contributed by atoms with Gasteiger partial charge in [0.2, 0.25) is 0 Å². The Hall–Kier alpha value is -2.91. The molecule has 1 heterocycles. The van der Waals surface area contributed by atoms with Crippen LogP contribution in [0, 0.1) is 0 Å². The Morgan fingerprint density at radius 2 is 1.19 bits per heavy atom. The Labute approximate surface area is 191 Å². The highest BCUT2D eigenvalue weighted by atomic mass is 16.1. The summed E-state index contributed by atoms with van der Waals surface area (Å²) in [5.74, 6) is 0.832. The Balaban J connectivity index is 1.13. The van der Waals surface area contributed by atoms with Crippen molar-refractivity contribution < 1.29 is 4.79 Å². The van der Waals surface area contributed by atoms with Gasteiger partial charge in [-0.25, -0.2) is 0 Å². The molecule has 3 aromatic carbocycles. The predicted molar refractivity (Wildman–Crippen MR) is 132 cm³/mol. The van der Waals surface area contributed by atoms with Gasteiger partial charge >= 0.3 is 0 Å². The van der Waals surface area contributed by atoms with E-state index in [-0.39, 0.29) is 5.78 Å². The molecule has 1 aliphatic carbocycles. The second-order valence-electron chi connectivity index (χ2n) is 9.18. The topological polar surface area (TPSA) is 23.6 Å². The van der Waals surface area contributed by atoms with Gasteiger partial charge in [-0.05, 0) is 61.4 Å². The maximum atomic E-state index is 12.6. The van der Waals surface area contributed by atoms with Crippen molar-refractivity contribution in [2.45, 2.75) is 37.6 Å². The summed E-state index contributed by atoms with van der Waals surface area (Å²) in [6.45, 7) is 4.38. The van der Waals surface area contributed by atoms with E-state index in [1.54, 1.807) is 0 Å². The molecule has 0 N–H and O–H groups in total. The van der Waals surface area contributed by atoms with Crippen LogP contribution in [0.3, 0.4) is 0 Å². The molecule has 2 fully saturated rings. The van der Waals surface area contributed by atoms with E-state index in [0.29, 0.717) is 0 Å². The number of carbonyl (C=O) groups excluding carboxylic acids is 1. The smallest absolute Gasteiger partial charge is 0.193 e. The third kappa shape index (κ3) is 4.63. The van der Waals surface area contributed by atoms with Crippen LogP contribution in [0.1, 0.15) is 53.1 Å². The van der Waals surface area contributed by atoms with Gasteiger partial charge in [-0.1, -0.05) is 60.7 Å². The normalized spacial score (nSPS) is 21.9. The van der Waals surface area contributed by atoms with Crippen molar-refractivity contribution >= 4 is 11.5 Å². The van der Waals surface area contributed by atoms with Gasteiger partial charge in [0.15, 0.2) is 5.78 Å². The highest BCUT2D eigenvalue weighted by molar-refractivity contribution is 6.09. The summed E-state index contributed by atoms with van der Waals surface area (Å²) in [4.78, 5) is 17.8. The molecule has 0 amide bonds. The van der Waals surface area contributed by atoms with E-state index < -0.39 is 0 Å². The number of hydrogen-bond donors (Lipinski definition) is 0. The first-order chi connectivity index (χ1) is 15.8. The number of rotatable bonds is 5. The van der Waals surface area contributed by atoms with Crippen molar-refractivity contribution in [3.8, 4) is 0 Å². The molecule has 0 spiro atoms. The molecule has 32 heavy (non-hydrogen) atoms. The van der Waals surface area contributed by atoms with Crippen LogP contribution in [-0.4, -0.2) is 42.9 Å². The van der Waals surface area contributed by atoms with Gasteiger partial charge < -0.3 is 4.90 Å². The van der Waals surface area contributed by atoms with E-state index >= 15 is 0 Å². The van der Waals surface area contributed by atoms with Crippen molar-refractivity contribution in [3.05, 3.63) is 102 Å². The quantitative estimate of drug-likeness (QED) is 0.486. The van der Waals surface area contributed by atoms with Gasteiger partial charge in [0.05, 0.1) is 0 Å². The summed E-state index contributed by atoms with van der Waals surface area (Å²) in [6.07, 6.45) is 5.25. The molecule has 0 aromatic heterocycles. The first kappa shape index (κ1) is 21.0. The molecule has 1 saturated carbocycles. The lowest BCUT2D eigenvalue weighted by Crippen LogP contribution is -2.51. The average Bonchev–Trinajstić information content (AvgIpc) is 2.90. The van der Waals surface area contributed by atoms with E-state index in [4.69, 9.17) is 0 Å². The second kappa shape index (κ2) is 9.70. The number of anilines is 1. The van der Waals surface area contributed by atoms with Crippen LogP contribution in [0.25, 0.3) is 0 Å². The summed E-state index contributed by atoms with van der Waals surface area (Å²) in [6, 6.07) is 29.5. The fraction of sp³-hybridized carbons (Fsp3) is 0.345. The largest absolute Gasteiger partial charge is 0.369 e. The zero-order chi connectivity index (χ0) is 21.8. The van der Waals surface area contributed by atoms with Crippen LogP contribution in [0.2, 0.25) is 0 Å². The van der Waals surface area contributed by atoms with Crippen molar-refractivity contribution in [1.82, 2.24) is 4.90 Å². The summed E-state index contributed by atoms with van der Waals surface area (Å²) in [7, 11) is 0. The zero-order valence-electron chi connectivity index (χ0n) is 18.7. The number of nitrogens with zero attached hydrogens (tertiary/aromatic N) is 2. The lowest BCUT2D eigenvalue weighted by atomic mass is 9.81. The first-order valence-corrected chi connectivity index (χ1v) is 12.0. The lowest BCUT2D eigenvalue weighted by Gasteiger charge is -2.42. The van der Waals surface area contributed by atoms with E-state index in [2.05, 4.69) is 52.3 Å². The summed E-state index contributed by atoms with van der Waals surface area (Å²) in [5.41, 5.74) is 4.25. The Bertz CT molecular complexity index is 1000. The highest BCUT2D eigenvalue weighted by Crippen LogP contribution is 2.35. The molecule has 3 nitrogen and oxygen atoms in total. The fourth-order valence-electron chi connectivity index (χ4n) is 5.42. The monoisotopic (exact) mass is 424 g/mol. The highest BCUT2D eigenvalue weighted by Gasteiger charge is 2.29. The number of ketones is 1. The van der Waals surface area contributed by atoms with Gasteiger partial charge in [-0.2, -0.15) is 0 Å². The summed E-state index contributed by atoms with van der Waals surface area (Å²) >= 11 is 0. The predicted octanol–water partition coefficient (Wildman–Crippen LogP) is 5.77. The molecule has 2 aliphatic rings. The maximum absolute atomic E-state index is 12.6. The third-order valence-electron chi connectivity index (χ3n) is 7.33. The van der Waals surface area contributed by atoms with Crippen LogP contribution >= 0.6 is 0 Å². The number of carbonyl (C=O) groups is 1. The summed E-state index contributed by atoms with van der Waals surface area (Å²) < 4.78 is 0. The number of hydrogen-bond acceptors (Lipinski definition) is 3. The molecule has 3 aromatic rings. The summed E-state index contributed by atoms with van der Waals surface area (Å²) in [5, 5.41) is 0. The van der Waals surface area contributed by atoms with Gasteiger partial charge in [-0.15, -0.1) is 0 Å². The molecule has 3 heteroatoms. The molecule has 0 bridgehead atoms. The lowest BCUT2D eigenvalue weighted by molar-refractivity contribution is 0.103. The van der Waals surface area contributed by atoms with Crippen molar-refractivity contribution in [2.24, 2.45) is 0 Å². The Morgan fingerprint density at radius 3 is 1.81 bits per heavy atom. The molecule has 1 aliphatic heterocycles. The Morgan fingerprint density at radius 1 is 0.625 bits per heavy atom. The molecule has 164 valence electrons. The van der Waals surface area contributed by atoms with E-state index in [1.165, 1.54) is 36.9 Å². The third-order valence-corrected chi connectivity index (χ3v) is 7.33. The van der Waals surface area contributed by atoms with Crippen LogP contribution in [-0.2, 0) is 0 Å². The first-order valence-electron chi connectivity index (χ1n) is 12.0. The van der Waals surface area contributed by atoms with Gasteiger partial charge in [0, 0.05) is 49.0 Å². The minimum absolute atomic E-state index is 0.0908. The fourth-order valence-corrected chi connectivity index (χ4v) is 5.42. The molecule has 0 atom stereocenters. The number of benzene rings is 3. The SMILES string of the molecule is O=C(c1ccccc1)c1ccc(N2CCN(C3CCC(c4ccccc4)CC3)CC2)cc1. The minimum atomic E-state index is 0.0908. The van der Waals surface area contributed by atoms with Gasteiger partial charge in [-0.3, -0.25) is 9.69 Å². The molecule has 0 unspecified atom stereocenters. The molecule has 1 saturated heterocycles. The van der Waals surface area contributed by atoms with Gasteiger partial charge in [0.25, 0.3) is 0 Å². The zero-order valence-corrected chi connectivity index (χ0v) is 18.7. The molecular formula is C29H32N2O. The van der Waals surface area contributed by atoms with E-state index in [0.717, 1.165) is 49.3 Å². The molecule has 0 radical (unpaired) electrons. The Kier molecular flexibility index (Phi) is 6.36. The van der Waals surface area contributed by atoms with Crippen LogP contribution < -0.4 is 4.90 Å². The second-order valence-corrected chi connectivity index (χ2v) is 9.18. The standard InChI is InChI=1S/C29H32N2O/c32-29(25-9-5-2-6-10-25)26-13-17-28(18-14-26)31-21-19-30(20-22-31)27-15-11-24(12-16-27)23-7-3-1-4-8-23/h1-10,13-14,17-18,24,27H,11-12,15-16,19-22H2. The molecular weight excluding hydrogens is 392 g/mol. The van der Waals surface area contributed by atoms with Crippen molar-refractivity contribution in [3.63, 3.8) is 0 Å². The van der Waals surface area contributed by atoms with Crippen LogP contribution in [0.15, 0.2) is 84.9 Å². The maximum Gasteiger partial charge on any atom is 0.193 e. The average molecular weight is 425 g/mol. The molecule has 5 rings (SSSR count). The van der Waals surface area contributed by atoms with Crippen LogP contribution in [0.5, 0.6) is 0 Å². The van der Waals surface area contributed by atoms with Crippen LogP contribution in [0.4, 0.5) is 5.69 Å². The van der Waals surface area contributed by atoms with E-state index in [9.17, 15) is 4.79 Å². The van der Waals surface area contributed by atoms with Gasteiger partial charge in [0.1, 0.15) is 0 Å².